The number of ether oxygens (including phenoxy) is 1. The van der Waals surface area contributed by atoms with E-state index in [1.807, 2.05) is 32.6 Å². The molecule has 5 heteroatoms. The van der Waals surface area contributed by atoms with Gasteiger partial charge in [-0.1, -0.05) is 6.92 Å². The quantitative estimate of drug-likeness (QED) is 0.797. The average molecular weight is 251 g/mol. The molecule has 2 unspecified atom stereocenters. The van der Waals surface area contributed by atoms with E-state index in [1.165, 1.54) is 0 Å². The number of amides is 1. The lowest BCUT2D eigenvalue weighted by molar-refractivity contribution is -0.150. The zero-order valence-electron chi connectivity index (χ0n) is 10.5. The summed E-state index contributed by atoms with van der Waals surface area (Å²) in [6, 6.07) is -0.0940. The monoisotopic (exact) mass is 250 g/mol. The largest absolute Gasteiger partial charge is 0.372 e. The lowest BCUT2D eigenvalue weighted by atomic mass is 10.0. The summed E-state index contributed by atoms with van der Waals surface area (Å²) in [4.78, 5) is 13.9. The smallest absolute Gasteiger partial charge is 0.227 e. The van der Waals surface area contributed by atoms with Crippen LogP contribution in [0.5, 0.6) is 0 Å². The number of nitrogens with zero attached hydrogens (tertiary/aromatic N) is 1. The molecule has 4 nitrogen and oxygen atoms in total. The lowest BCUT2D eigenvalue weighted by Gasteiger charge is -2.39. The fraction of sp³-hybridized carbons (Fsp3) is 0.909. The van der Waals surface area contributed by atoms with Gasteiger partial charge in [-0.15, -0.1) is 12.4 Å². The normalized spacial score (nSPS) is 23.2. The molecule has 96 valence electrons. The molecule has 1 aliphatic rings. The van der Waals surface area contributed by atoms with Gasteiger partial charge in [-0.25, -0.2) is 0 Å². The minimum Gasteiger partial charge on any atom is -0.372 e. The van der Waals surface area contributed by atoms with Crippen molar-refractivity contribution in [2.75, 3.05) is 19.7 Å². The number of hydrogen-bond donors (Lipinski definition) is 1. The predicted octanol–water partition coefficient (Wildman–Crippen LogP) is 1.03. The van der Waals surface area contributed by atoms with E-state index in [-0.39, 0.29) is 35.9 Å². The number of morpholine rings is 1. The third-order valence-electron chi connectivity index (χ3n) is 2.92. The second-order valence-corrected chi connectivity index (χ2v) is 5.02. The van der Waals surface area contributed by atoms with Crippen LogP contribution in [-0.2, 0) is 9.53 Å². The second kappa shape index (κ2) is 5.84. The molecule has 1 fully saturated rings. The van der Waals surface area contributed by atoms with Crippen LogP contribution in [0.3, 0.4) is 0 Å². The SMILES string of the molecule is CC(N)C(C)C(=O)N1CCOC(C)(C)C1.Cl. The molecular formula is C11H23ClN2O2. The first-order valence-corrected chi connectivity index (χ1v) is 5.52. The first-order valence-electron chi connectivity index (χ1n) is 5.52. The summed E-state index contributed by atoms with van der Waals surface area (Å²) < 4.78 is 5.56. The molecule has 1 heterocycles. The van der Waals surface area contributed by atoms with Crippen molar-refractivity contribution in [3.8, 4) is 0 Å². The van der Waals surface area contributed by atoms with Gasteiger partial charge >= 0.3 is 0 Å². The molecule has 1 amide bonds. The minimum absolute atomic E-state index is 0. The van der Waals surface area contributed by atoms with E-state index in [4.69, 9.17) is 10.5 Å². The molecule has 0 aromatic carbocycles. The van der Waals surface area contributed by atoms with Crippen molar-refractivity contribution in [3.05, 3.63) is 0 Å². The van der Waals surface area contributed by atoms with Gasteiger partial charge in [-0.05, 0) is 20.8 Å². The predicted molar refractivity (Wildman–Crippen MR) is 66.7 cm³/mol. The number of rotatable bonds is 2. The molecule has 0 spiro atoms. The fourth-order valence-electron chi connectivity index (χ4n) is 1.72. The number of nitrogens with two attached hydrogens (primary N) is 1. The van der Waals surface area contributed by atoms with Crippen LogP contribution in [0.15, 0.2) is 0 Å². The maximum Gasteiger partial charge on any atom is 0.227 e. The van der Waals surface area contributed by atoms with E-state index in [2.05, 4.69) is 0 Å². The molecule has 0 saturated carbocycles. The summed E-state index contributed by atoms with van der Waals surface area (Å²) in [6.07, 6.45) is 0. The van der Waals surface area contributed by atoms with Crippen LogP contribution in [0.25, 0.3) is 0 Å². The molecule has 0 aromatic heterocycles. The summed E-state index contributed by atoms with van der Waals surface area (Å²) in [7, 11) is 0. The Hall–Kier alpha value is -0.320. The van der Waals surface area contributed by atoms with E-state index < -0.39 is 0 Å². The van der Waals surface area contributed by atoms with Crippen LogP contribution in [0.1, 0.15) is 27.7 Å². The molecule has 0 aliphatic carbocycles. The van der Waals surface area contributed by atoms with Crippen molar-refractivity contribution in [1.82, 2.24) is 4.90 Å². The van der Waals surface area contributed by atoms with Crippen molar-refractivity contribution >= 4 is 18.3 Å². The van der Waals surface area contributed by atoms with Crippen LogP contribution in [0, 0.1) is 5.92 Å². The standard InChI is InChI=1S/C11H22N2O2.ClH/c1-8(9(2)12)10(14)13-5-6-15-11(3,4)7-13;/h8-9H,5-7,12H2,1-4H3;1H. The van der Waals surface area contributed by atoms with Gasteiger partial charge < -0.3 is 15.4 Å². The van der Waals surface area contributed by atoms with Crippen molar-refractivity contribution in [3.63, 3.8) is 0 Å². The molecule has 0 radical (unpaired) electrons. The van der Waals surface area contributed by atoms with E-state index in [1.54, 1.807) is 0 Å². The molecule has 2 atom stereocenters. The molecule has 16 heavy (non-hydrogen) atoms. The molecular weight excluding hydrogens is 228 g/mol. The maximum absolute atomic E-state index is 12.0. The van der Waals surface area contributed by atoms with Crippen molar-refractivity contribution in [2.45, 2.75) is 39.3 Å². The average Bonchev–Trinajstić information content (AvgIpc) is 2.13. The van der Waals surface area contributed by atoms with Crippen LogP contribution in [0.4, 0.5) is 0 Å². The number of carbonyl (C=O) groups is 1. The maximum atomic E-state index is 12.0. The highest BCUT2D eigenvalue weighted by Gasteiger charge is 2.32. The van der Waals surface area contributed by atoms with Gasteiger partial charge in [-0.2, -0.15) is 0 Å². The highest BCUT2D eigenvalue weighted by Crippen LogP contribution is 2.18. The lowest BCUT2D eigenvalue weighted by Crippen LogP contribution is -2.53. The topological polar surface area (TPSA) is 55.6 Å². The van der Waals surface area contributed by atoms with Gasteiger partial charge in [0.15, 0.2) is 0 Å². The van der Waals surface area contributed by atoms with Crippen molar-refractivity contribution in [2.24, 2.45) is 11.7 Å². The van der Waals surface area contributed by atoms with Gasteiger partial charge in [0, 0.05) is 19.1 Å². The van der Waals surface area contributed by atoms with Gasteiger partial charge in [0.1, 0.15) is 0 Å². The van der Waals surface area contributed by atoms with Crippen LogP contribution in [-0.4, -0.2) is 42.1 Å². The van der Waals surface area contributed by atoms with Gasteiger partial charge in [0.2, 0.25) is 5.91 Å². The van der Waals surface area contributed by atoms with Gasteiger partial charge in [0.05, 0.1) is 18.1 Å². The molecule has 1 aliphatic heterocycles. The van der Waals surface area contributed by atoms with E-state index in [0.29, 0.717) is 19.7 Å². The summed E-state index contributed by atoms with van der Waals surface area (Å²) in [5.74, 6) is 0.0280. The minimum atomic E-state index is -0.231. The van der Waals surface area contributed by atoms with Gasteiger partial charge in [0.25, 0.3) is 0 Å². The molecule has 1 rings (SSSR count). The highest BCUT2D eigenvalue weighted by atomic mass is 35.5. The Morgan fingerprint density at radius 3 is 2.44 bits per heavy atom. The fourth-order valence-corrected chi connectivity index (χ4v) is 1.72. The van der Waals surface area contributed by atoms with Crippen molar-refractivity contribution in [1.29, 1.82) is 0 Å². The van der Waals surface area contributed by atoms with Crippen molar-refractivity contribution < 1.29 is 9.53 Å². The zero-order chi connectivity index (χ0) is 11.6. The zero-order valence-corrected chi connectivity index (χ0v) is 11.3. The van der Waals surface area contributed by atoms with Crippen LogP contribution < -0.4 is 5.73 Å². The molecule has 0 aromatic rings. The third-order valence-corrected chi connectivity index (χ3v) is 2.92. The Bertz CT molecular complexity index is 244. The van der Waals surface area contributed by atoms with E-state index in [9.17, 15) is 4.79 Å². The molecule has 1 saturated heterocycles. The van der Waals surface area contributed by atoms with E-state index in [0.717, 1.165) is 0 Å². The number of carbonyl (C=O) groups excluding carboxylic acids is 1. The molecule has 0 bridgehead atoms. The van der Waals surface area contributed by atoms with E-state index >= 15 is 0 Å². The first kappa shape index (κ1) is 15.7. The Balaban J connectivity index is 0.00000225. The summed E-state index contributed by atoms with van der Waals surface area (Å²) in [5, 5.41) is 0. The second-order valence-electron chi connectivity index (χ2n) is 5.02. The Kier molecular flexibility index (Phi) is 5.73. The Morgan fingerprint density at radius 1 is 1.44 bits per heavy atom. The first-order chi connectivity index (χ1) is 6.83. The summed E-state index contributed by atoms with van der Waals surface area (Å²) in [5.41, 5.74) is 5.50. The summed E-state index contributed by atoms with van der Waals surface area (Å²) in [6.45, 7) is 9.71. The highest BCUT2D eigenvalue weighted by molar-refractivity contribution is 5.85. The summed E-state index contributed by atoms with van der Waals surface area (Å²) >= 11 is 0. The third kappa shape index (κ3) is 3.92. The van der Waals surface area contributed by atoms with Crippen LogP contribution >= 0.6 is 12.4 Å². The Labute approximate surface area is 104 Å². The Morgan fingerprint density at radius 2 is 2.00 bits per heavy atom. The number of halogens is 1. The number of hydrogen-bond acceptors (Lipinski definition) is 3. The van der Waals surface area contributed by atoms with Gasteiger partial charge in [-0.3, -0.25) is 4.79 Å². The molecule has 2 N–H and O–H groups in total. The van der Waals surface area contributed by atoms with Crippen LogP contribution in [0.2, 0.25) is 0 Å².